The quantitative estimate of drug-likeness (QED) is 0.513. The SMILES string of the molecule is COC(=O)c1[nH]c(C)c(C(=O)C(C)N(CCC(C)C)C(=O)c2cccc(F)c2)c1C. The summed E-state index contributed by atoms with van der Waals surface area (Å²) in [5.41, 5.74) is 1.79. The van der Waals surface area contributed by atoms with Crippen LogP contribution in [-0.2, 0) is 4.74 Å². The molecule has 6 nitrogen and oxygen atoms in total. The molecule has 0 spiro atoms. The third-order valence-electron chi connectivity index (χ3n) is 5.20. The maximum Gasteiger partial charge on any atom is 0.354 e. The maximum atomic E-state index is 13.7. The Kier molecular flexibility index (Phi) is 7.54. The zero-order valence-electron chi connectivity index (χ0n) is 18.3. The van der Waals surface area contributed by atoms with Crippen LogP contribution in [0.5, 0.6) is 0 Å². The lowest BCUT2D eigenvalue weighted by molar-refractivity contribution is 0.0592. The van der Waals surface area contributed by atoms with Gasteiger partial charge in [-0.1, -0.05) is 19.9 Å². The van der Waals surface area contributed by atoms with Gasteiger partial charge in [0.15, 0.2) is 5.78 Å². The van der Waals surface area contributed by atoms with Gasteiger partial charge in [0.2, 0.25) is 0 Å². The Hall–Kier alpha value is -2.96. The number of carbonyl (C=O) groups is 3. The fraction of sp³-hybridized carbons (Fsp3) is 0.435. The number of hydrogen-bond acceptors (Lipinski definition) is 4. The van der Waals surface area contributed by atoms with Gasteiger partial charge in [-0.15, -0.1) is 0 Å². The number of ether oxygens (including phenoxy) is 1. The van der Waals surface area contributed by atoms with Crippen LogP contribution in [0.1, 0.15) is 69.7 Å². The van der Waals surface area contributed by atoms with E-state index in [9.17, 15) is 18.8 Å². The number of ketones is 1. The van der Waals surface area contributed by atoms with Crippen LogP contribution in [0.25, 0.3) is 0 Å². The van der Waals surface area contributed by atoms with Crippen molar-refractivity contribution in [1.82, 2.24) is 9.88 Å². The largest absolute Gasteiger partial charge is 0.464 e. The van der Waals surface area contributed by atoms with Crippen LogP contribution in [0.4, 0.5) is 4.39 Å². The highest BCUT2D eigenvalue weighted by Gasteiger charge is 2.31. The zero-order chi connectivity index (χ0) is 22.6. The minimum Gasteiger partial charge on any atom is -0.464 e. The third-order valence-corrected chi connectivity index (χ3v) is 5.20. The molecule has 30 heavy (non-hydrogen) atoms. The fourth-order valence-electron chi connectivity index (χ4n) is 3.43. The number of aromatic amines is 1. The van der Waals surface area contributed by atoms with E-state index in [-0.39, 0.29) is 17.0 Å². The molecule has 0 aliphatic rings. The zero-order valence-corrected chi connectivity index (χ0v) is 18.3. The highest BCUT2D eigenvalue weighted by molar-refractivity contribution is 6.07. The molecule has 0 fully saturated rings. The molecule has 7 heteroatoms. The van der Waals surface area contributed by atoms with Gasteiger partial charge in [0.05, 0.1) is 13.2 Å². The predicted molar refractivity (Wildman–Crippen MR) is 112 cm³/mol. The standard InChI is InChI=1S/C23H29FN2O4/c1-13(2)10-11-26(22(28)17-8-7-9-18(24)12-17)16(5)21(27)19-14(3)20(23(29)30-6)25-15(19)4/h7-9,12-13,16,25H,10-11H2,1-6H3. The number of halogens is 1. The number of aryl methyl sites for hydroxylation is 1. The van der Waals surface area contributed by atoms with E-state index in [1.54, 1.807) is 20.8 Å². The molecule has 1 aromatic heterocycles. The van der Waals surface area contributed by atoms with Gasteiger partial charge in [-0.25, -0.2) is 9.18 Å². The Morgan fingerprint density at radius 3 is 2.40 bits per heavy atom. The van der Waals surface area contributed by atoms with E-state index in [0.29, 0.717) is 35.7 Å². The second-order valence-electron chi connectivity index (χ2n) is 7.85. The lowest BCUT2D eigenvalue weighted by atomic mass is 9.98. The molecule has 1 unspecified atom stereocenters. The minimum atomic E-state index is -0.793. The first kappa shape index (κ1) is 23.3. The van der Waals surface area contributed by atoms with Crippen LogP contribution in [0, 0.1) is 25.6 Å². The molecule has 0 saturated carbocycles. The molecule has 0 aliphatic heterocycles. The Morgan fingerprint density at radius 1 is 1.17 bits per heavy atom. The third kappa shape index (κ3) is 4.96. The molecule has 0 aliphatic carbocycles. The highest BCUT2D eigenvalue weighted by atomic mass is 19.1. The first-order valence-corrected chi connectivity index (χ1v) is 9.96. The number of rotatable bonds is 8. The summed E-state index contributed by atoms with van der Waals surface area (Å²) in [6, 6.07) is 4.65. The van der Waals surface area contributed by atoms with Crippen molar-refractivity contribution in [2.75, 3.05) is 13.7 Å². The Labute approximate surface area is 176 Å². The average molecular weight is 416 g/mol. The van der Waals surface area contributed by atoms with Crippen LogP contribution in [0.3, 0.4) is 0 Å². The van der Waals surface area contributed by atoms with E-state index >= 15 is 0 Å². The number of nitrogens with zero attached hydrogens (tertiary/aromatic N) is 1. The van der Waals surface area contributed by atoms with E-state index in [0.717, 1.165) is 0 Å². The van der Waals surface area contributed by atoms with Crippen molar-refractivity contribution in [3.8, 4) is 0 Å². The summed E-state index contributed by atoms with van der Waals surface area (Å²) in [7, 11) is 1.27. The Bertz CT molecular complexity index is 949. The van der Waals surface area contributed by atoms with Crippen molar-refractivity contribution in [3.05, 3.63) is 58.2 Å². The number of aromatic nitrogens is 1. The lowest BCUT2D eigenvalue weighted by Gasteiger charge is -2.29. The van der Waals surface area contributed by atoms with Crippen molar-refractivity contribution in [2.45, 2.75) is 47.1 Å². The topological polar surface area (TPSA) is 79.5 Å². The molecule has 0 bridgehead atoms. The molecule has 162 valence electrons. The summed E-state index contributed by atoms with van der Waals surface area (Å²) in [6.07, 6.45) is 0.692. The minimum absolute atomic E-state index is 0.191. The number of esters is 1. The Balaban J connectivity index is 2.41. The van der Waals surface area contributed by atoms with E-state index in [2.05, 4.69) is 4.98 Å². The first-order chi connectivity index (χ1) is 14.1. The molecular formula is C23H29FN2O4. The number of carbonyl (C=O) groups excluding carboxylic acids is 3. The van der Waals surface area contributed by atoms with Gasteiger partial charge >= 0.3 is 5.97 Å². The fourth-order valence-corrected chi connectivity index (χ4v) is 3.43. The summed E-state index contributed by atoms with van der Waals surface area (Å²) in [4.78, 5) is 42.8. The van der Waals surface area contributed by atoms with E-state index in [4.69, 9.17) is 4.74 Å². The monoisotopic (exact) mass is 416 g/mol. The van der Waals surface area contributed by atoms with Crippen molar-refractivity contribution in [1.29, 1.82) is 0 Å². The molecule has 1 atom stereocenters. The van der Waals surface area contributed by atoms with Crippen LogP contribution in [0.2, 0.25) is 0 Å². The van der Waals surface area contributed by atoms with Crippen molar-refractivity contribution >= 4 is 17.7 Å². The van der Waals surface area contributed by atoms with Crippen LogP contribution in [0.15, 0.2) is 24.3 Å². The van der Waals surface area contributed by atoms with E-state index in [1.165, 1.54) is 36.3 Å². The normalized spacial score (nSPS) is 12.0. The number of amides is 1. The summed E-state index contributed by atoms with van der Waals surface area (Å²) in [5, 5.41) is 0. The van der Waals surface area contributed by atoms with Crippen LogP contribution >= 0.6 is 0 Å². The van der Waals surface area contributed by atoms with Gasteiger partial charge in [0.25, 0.3) is 5.91 Å². The van der Waals surface area contributed by atoms with Crippen LogP contribution in [-0.4, -0.2) is 47.2 Å². The van der Waals surface area contributed by atoms with Crippen molar-refractivity contribution in [2.24, 2.45) is 5.92 Å². The van der Waals surface area contributed by atoms with Crippen molar-refractivity contribution in [3.63, 3.8) is 0 Å². The molecule has 2 aromatic rings. The molecule has 1 N–H and O–H groups in total. The number of hydrogen-bond donors (Lipinski definition) is 1. The molecule has 0 radical (unpaired) electrons. The smallest absolute Gasteiger partial charge is 0.354 e. The number of Topliss-reactive ketones (excluding diaryl/α,β-unsaturated/α-hetero) is 1. The van der Waals surface area contributed by atoms with Crippen LogP contribution < -0.4 is 0 Å². The van der Waals surface area contributed by atoms with Gasteiger partial charge in [0, 0.05) is 23.4 Å². The van der Waals surface area contributed by atoms with Gasteiger partial charge in [-0.3, -0.25) is 9.59 Å². The molecule has 0 saturated heterocycles. The molecule has 2 rings (SSSR count). The van der Waals surface area contributed by atoms with Gasteiger partial charge in [-0.05, 0) is 56.9 Å². The number of H-pyrrole nitrogens is 1. The summed E-state index contributed by atoms with van der Waals surface area (Å²) < 4.78 is 18.4. The number of benzene rings is 1. The summed E-state index contributed by atoms with van der Waals surface area (Å²) >= 11 is 0. The van der Waals surface area contributed by atoms with Gasteiger partial charge < -0.3 is 14.6 Å². The average Bonchev–Trinajstić information content (AvgIpc) is 3.00. The lowest BCUT2D eigenvalue weighted by Crippen LogP contribution is -2.44. The van der Waals surface area contributed by atoms with Gasteiger partial charge in [-0.2, -0.15) is 0 Å². The molecular weight excluding hydrogens is 387 g/mol. The second kappa shape index (κ2) is 9.69. The summed E-state index contributed by atoms with van der Waals surface area (Å²) in [5.74, 6) is -1.45. The molecule has 1 amide bonds. The van der Waals surface area contributed by atoms with E-state index in [1.807, 2.05) is 13.8 Å². The first-order valence-electron chi connectivity index (χ1n) is 9.96. The maximum absolute atomic E-state index is 13.7. The Morgan fingerprint density at radius 2 is 1.83 bits per heavy atom. The highest BCUT2D eigenvalue weighted by Crippen LogP contribution is 2.23. The van der Waals surface area contributed by atoms with Crippen molar-refractivity contribution < 1.29 is 23.5 Å². The number of nitrogens with one attached hydrogen (secondary N) is 1. The second-order valence-corrected chi connectivity index (χ2v) is 7.85. The van der Waals surface area contributed by atoms with Gasteiger partial charge in [0.1, 0.15) is 11.5 Å². The molecule has 1 aromatic carbocycles. The molecule has 1 heterocycles. The van der Waals surface area contributed by atoms with E-state index < -0.39 is 23.7 Å². The number of methoxy groups -OCH3 is 1. The predicted octanol–water partition coefficient (Wildman–Crippen LogP) is 4.32. The summed E-state index contributed by atoms with van der Waals surface area (Å²) in [6.45, 7) is 9.44.